The van der Waals surface area contributed by atoms with Gasteiger partial charge in [0, 0.05) is 10.7 Å². The van der Waals surface area contributed by atoms with Crippen LogP contribution in [0.2, 0.25) is 0 Å². The Balaban J connectivity index is 2.11. The van der Waals surface area contributed by atoms with E-state index in [0.29, 0.717) is 5.75 Å². The van der Waals surface area contributed by atoms with Gasteiger partial charge in [0.25, 0.3) is 5.91 Å². The molecule has 1 fully saturated rings. The topological polar surface area (TPSA) is 84.9 Å². The van der Waals surface area contributed by atoms with E-state index in [1.807, 2.05) is 0 Å². The lowest BCUT2D eigenvalue weighted by molar-refractivity contribution is -0.160. The minimum Gasteiger partial charge on any atom is -0.455 e. The van der Waals surface area contributed by atoms with Crippen LogP contribution in [0.1, 0.15) is 48.5 Å². The van der Waals surface area contributed by atoms with Crippen molar-refractivity contribution in [1.29, 1.82) is 0 Å². The SMILES string of the molecule is CC1=C(C(=O)OC(C)(C)C)N2C(=O)[C@H](NC(=O)OC(C)(C)C)[C@@H]2CS1. The number of alkyl carbamates (subject to hydrolysis) is 1. The highest BCUT2D eigenvalue weighted by Gasteiger charge is 2.54. The molecule has 2 heterocycles. The number of nitrogens with zero attached hydrogens (tertiary/aromatic N) is 1. The molecule has 0 radical (unpaired) electrons. The van der Waals surface area contributed by atoms with E-state index in [0.717, 1.165) is 4.91 Å². The predicted octanol–water partition coefficient (Wildman–Crippen LogP) is 2.41. The molecule has 0 saturated carbocycles. The van der Waals surface area contributed by atoms with Crippen molar-refractivity contribution in [2.45, 2.75) is 71.8 Å². The van der Waals surface area contributed by atoms with Crippen LogP contribution in [-0.4, -0.2) is 51.9 Å². The van der Waals surface area contributed by atoms with Gasteiger partial charge >= 0.3 is 12.1 Å². The van der Waals surface area contributed by atoms with Crippen LogP contribution in [0, 0.1) is 0 Å². The van der Waals surface area contributed by atoms with Gasteiger partial charge in [0.15, 0.2) is 0 Å². The zero-order chi connectivity index (χ0) is 19.2. The standard InChI is InChI=1S/C17H26N2O5S/c1-9-12(14(21)23-16(2,3)4)19-10(8-25-9)11(13(19)20)18-15(22)24-17(5,6)7/h10-11H,8H2,1-7H3,(H,18,22)/t10-,11+/m0/s1. The van der Waals surface area contributed by atoms with E-state index in [1.54, 1.807) is 48.5 Å². The average Bonchev–Trinajstić information content (AvgIpc) is 2.40. The Bertz CT molecular complexity index is 630. The van der Waals surface area contributed by atoms with E-state index in [9.17, 15) is 14.4 Å². The summed E-state index contributed by atoms with van der Waals surface area (Å²) in [7, 11) is 0. The third kappa shape index (κ3) is 4.48. The smallest absolute Gasteiger partial charge is 0.408 e. The molecule has 2 rings (SSSR count). The summed E-state index contributed by atoms with van der Waals surface area (Å²) in [6.07, 6.45) is -0.638. The first-order valence-electron chi connectivity index (χ1n) is 8.20. The number of rotatable bonds is 2. The molecule has 0 aromatic rings. The van der Waals surface area contributed by atoms with E-state index in [2.05, 4.69) is 5.32 Å². The van der Waals surface area contributed by atoms with Gasteiger partial charge in [-0.2, -0.15) is 0 Å². The normalized spacial score (nSPS) is 23.6. The Morgan fingerprint density at radius 1 is 1.12 bits per heavy atom. The highest BCUT2D eigenvalue weighted by Crippen LogP contribution is 2.39. The van der Waals surface area contributed by atoms with E-state index < -0.39 is 29.3 Å². The zero-order valence-electron chi connectivity index (χ0n) is 15.8. The summed E-state index contributed by atoms with van der Waals surface area (Å²) in [6, 6.07) is -0.968. The number of hydrogen-bond acceptors (Lipinski definition) is 6. The molecular formula is C17H26N2O5S. The largest absolute Gasteiger partial charge is 0.455 e. The summed E-state index contributed by atoms with van der Waals surface area (Å²) in [5.74, 6) is -0.243. The van der Waals surface area contributed by atoms with E-state index in [1.165, 1.54) is 16.7 Å². The highest BCUT2D eigenvalue weighted by atomic mass is 32.2. The quantitative estimate of drug-likeness (QED) is 0.593. The summed E-state index contributed by atoms with van der Waals surface area (Å²) >= 11 is 1.48. The van der Waals surface area contributed by atoms with Crippen LogP contribution >= 0.6 is 11.8 Å². The van der Waals surface area contributed by atoms with Crippen molar-refractivity contribution in [2.75, 3.05) is 5.75 Å². The Kier molecular flexibility index (Phi) is 5.14. The van der Waals surface area contributed by atoms with Gasteiger partial charge in [-0.15, -0.1) is 11.8 Å². The molecule has 0 spiro atoms. The fourth-order valence-corrected chi connectivity index (χ4v) is 3.68. The Morgan fingerprint density at radius 3 is 2.20 bits per heavy atom. The van der Waals surface area contributed by atoms with Gasteiger partial charge in [0.2, 0.25) is 0 Å². The number of carbonyl (C=O) groups is 3. The van der Waals surface area contributed by atoms with Crippen LogP contribution in [-0.2, 0) is 19.1 Å². The number of amides is 2. The van der Waals surface area contributed by atoms with Gasteiger partial charge in [-0.25, -0.2) is 9.59 Å². The molecule has 7 nitrogen and oxygen atoms in total. The minimum absolute atomic E-state index is 0.267. The van der Waals surface area contributed by atoms with Gasteiger partial charge in [-0.05, 0) is 48.5 Å². The van der Waals surface area contributed by atoms with Crippen molar-refractivity contribution in [3.63, 3.8) is 0 Å². The summed E-state index contributed by atoms with van der Waals surface area (Å²) < 4.78 is 10.6. The molecule has 0 aromatic heterocycles. The fourth-order valence-electron chi connectivity index (χ4n) is 2.60. The zero-order valence-corrected chi connectivity index (χ0v) is 16.6. The first kappa shape index (κ1) is 19.6. The Labute approximate surface area is 152 Å². The monoisotopic (exact) mass is 370 g/mol. The van der Waals surface area contributed by atoms with Crippen LogP contribution in [0.5, 0.6) is 0 Å². The number of fused-ring (bicyclic) bond motifs is 1. The third-order valence-electron chi connectivity index (χ3n) is 3.53. The van der Waals surface area contributed by atoms with Crippen molar-refractivity contribution < 1.29 is 23.9 Å². The number of nitrogens with one attached hydrogen (secondary N) is 1. The molecule has 0 aromatic carbocycles. The number of thioether (sulfide) groups is 1. The van der Waals surface area contributed by atoms with Gasteiger partial charge in [-0.1, -0.05) is 0 Å². The number of hydrogen-bond donors (Lipinski definition) is 1. The molecular weight excluding hydrogens is 344 g/mol. The molecule has 8 heteroatoms. The van der Waals surface area contributed by atoms with Crippen LogP contribution in [0.4, 0.5) is 4.79 Å². The highest BCUT2D eigenvalue weighted by molar-refractivity contribution is 8.03. The molecule has 25 heavy (non-hydrogen) atoms. The van der Waals surface area contributed by atoms with Crippen LogP contribution in [0.25, 0.3) is 0 Å². The van der Waals surface area contributed by atoms with Gasteiger partial charge in [0.05, 0.1) is 6.04 Å². The molecule has 1 saturated heterocycles. The second-order valence-electron chi connectivity index (χ2n) is 8.12. The van der Waals surface area contributed by atoms with Crippen LogP contribution in [0.15, 0.2) is 10.6 Å². The molecule has 2 atom stereocenters. The number of β-lactam (4-membered cyclic amide) rings is 1. The maximum absolute atomic E-state index is 12.5. The van der Waals surface area contributed by atoms with E-state index in [-0.39, 0.29) is 17.6 Å². The average molecular weight is 370 g/mol. The molecule has 1 N–H and O–H groups in total. The molecule has 2 amide bonds. The first-order valence-corrected chi connectivity index (χ1v) is 9.18. The Morgan fingerprint density at radius 2 is 1.68 bits per heavy atom. The van der Waals surface area contributed by atoms with Crippen LogP contribution < -0.4 is 5.32 Å². The Hall–Kier alpha value is -1.70. The summed E-state index contributed by atoms with van der Waals surface area (Å²) in [4.78, 5) is 39.1. The summed E-state index contributed by atoms with van der Waals surface area (Å²) in [5.41, 5.74) is -1.02. The van der Waals surface area contributed by atoms with Gasteiger partial charge in [-0.3, -0.25) is 9.69 Å². The number of esters is 1. The van der Waals surface area contributed by atoms with Crippen molar-refractivity contribution >= 4 is 29.7 Å². The van der Waals surface area contributed by atoms with E-state index >= 15 is 0 Å². The number of allylic oxidation sites excluding steroid dienone is 1. The predicted molar refractivity (Wildman–Crippen MR) is 94.8 cm³/mol. The molecule has 140 valence electrons. The molecule has 0 aliphatic carbocycles. The van der Waals surface area contributed by atoms with Crippen LogP contribution in [0.3, 0.4) is 0 Å². The third-order valence-corrected chi connectivity index (χ3v) is 4.66. The fraction of sp³-hybridized carbons (Fsp3) is 0.706. The van der Waals surface area contributed by atoms with Gasteiger partial charge < -0.3 is 14.8 Å². The lowest BCUT2D eigenvalue weighted by Gasteiger charge is -2.49. The lowest BCUT2D eigenvalue weighted by atomic mass is 9.95. The molecule has 0 bridgehead atoms. The molecule has 0 unspecified atom stereocenters. The van der Waals surface area contributed by atoms with E-state index in [4.69, 9.17) is 9.47 Å². The van der Waals surface area contributed by atoms with Gasteiger partial charge in [0.1, 0.15) is 22.9 Å². The van der Waals surface area contributed by atoms with Crippen molar-refractivity contribution in [3.8, 4) is 0 Å². The molecule has 2 aliphatic heterocycles. The number of carbonyl (C=O) groups excluding carboxylic acids is 3. The second-order valence-corrected chi connectivity index (χ2v) is 9.35. The lowest BCUT2D eigenvalue weighted by Crippen LogP contribution is -2.72. The van der Waals surface area contributed by atoms with Crippen molar-refractivity contribution in [3.05, 3.63) is 10.6 Å². The second kappa shape index (κ2) is 6.55. The summed E-state index contributed by atoms with van der Waals surface area (Å²) in [6.45, 7) is 12.4. The maximum atomic E-state index is 12.5. The number of ether oxygens (including phenoxy) is 2. The minimum atomic E-state index is -0.687. The summed E-state index contributed by atoms with van der Waals surface area (Å²) in [5, 5.41) is 2.60. The van der Waals surface area contributed by atoms with Crippen molar-refractivity contribution in [1.82, 2.24) is 10.2 Å². The van der Waals surface area contributed by atoms with Crippen molar-refractivity contribution in [2.24, 2.45) is 0 Å². The molecule has 2 aliphatic rings. The first-order chi connectivity index (χ1) is 11.3. The maximum Gasteiger partial charge on any atom is 0.408 e.